The van der Waals surface area contributed by atoms with Gasteiger partial charge in [0.1, 0.15) is 12.3 Å². The highest BCUT2D eigenvalue weighted by Crippen LogP contribution is 2.33. The van der Waals surface area contributed by atoms with E-state index in [1.54, 1.807) is 16.7 Å². The van der Waals surface area contributed by atoms with Crippen molar-refractivity contribution in [1.29, 1.82) is 0 Å². The van der Waals surface area contributed by atoms with Crippen LogP contribution in [0.1, 0.15) is 31.4 Å². The Hall–Kier alpha value is -1.69. The maximum atomic E-state index is 12.6. The number of carbonyl (C=O) groups is 2. The Labute approximate surface area is 141 Å². The predicted molar refractivity (Wildman–Crippen MR) is 90.3 cm³/mol. The molecule has 6 heteroatoms. The van der Waals surface area contributed by atoms with Gasteiger partial charge in [-0.05, 0) is 37.5 Å². The number of benzene rings is 1. The Morgan fingerprint density at radius 3 is 2.78 bits per heavy atom. The maximum absolute atomic E-state index is 12.6. The van der Waals surface area contributed by atoms with Gasteiger partial charge in [-0.15, -0.1) is 11.8 Å². The number of hydrogen-bond acceptors (Lipinski definition) is 4. The van der Waals surface area contributed by atoms with E-state index in [-0.39, 0.29) is 24.4 Å². The van der Waals surface area contributed by atoms with Crippen molar-refractivity contribution >= 4 is 23.6 Å². The molecule has 1 aromatic carbocycles. The summed E-state index contributed by atoms with van der Waals surface area (Å²) >= 11 is 1.57. The lowest BCUT2D eigenvalue weighted by Gasteiger charge is -2.27. The highest BCUT2D eigenvalue weighted by Gasteiger charge is 2.32. The molecular formula is C17H22N2O3S. The summed E-state index contributed by atoms with van der Waals surface area (Å²) in [6, 6.07) is 8.11. The molecule has 2 amide bonds. The molecule has 2 fully saturated rings. The summed E-state index contributed by atoms with van der Waals surface area (Å²) in [5.41, 5.74) is 1.14. The molecule has 0 aliphatic carbocycles. The van der Waals surface area contributed by atoms with Gasteiger partial charge in [-0.25, -0.2) is 0 Å². The number of hydrogen-bond donors (Lipinski definition) is 0. The SMILES string of the molecule is CCOc1ccc(C2CCCN2C(=O)CN2CSCC2=O)cc1. The third-order valence-corrected chi connectivity index (χ3v) is 5.25. The fraction of sp³-hybridized carbons (Fsp3) is 0.529. The van der Waals surface area contributed by atoms with E-state index in [4.69, 9.17) is 4.74 Å². The standard InChI is InChI=1S/C17H22N2O3S/c1-2-22-14-7-5-13(6-8-14)15-4-3-9-19(15)16(20)10-18-12-23-11-17(18)21/h5-8,15H,2-4,9-12H2,1H3. The van der Waals surface area contributed by atoms with Crippen LogP contribution < -0.4 is 4.74 Å². The number of nitrogens with zero attached hydrogens (tertiary/aromatic N) is 2. The lowest BCUT2D eigenvalue weighted by Crippen LogP contribution is -2.40. The Morgan fingerprint density at radius 1 is 1.35 bits per heavy atom. The van der Waals surface area contributed by atoms with Crippen LogP contribution >= 0.6 is 11.8 Å². The van der Waals surface area contributed by atoms with Crippen molar-refractivity contribution in [3.05, 3.63) is 29.8 Å². The van der Waals surface area contributed by atoms with E-state index in [1.807, 2.05) is 36.1 Å². The highest BCUT2D eigenvalue weighted by molar-refractivity contribution is 8.00. The summed E-state index contributed by atoms with van der Waals surface area (Å²) in [7, 11) is 0. The molecular weight excluding hydrogens is 312 g/mol. The summed E-state index contributed by atoms with van der Waals surface area (Å²) < 4.78 is 5.47. The molecule has 2 aliphatic rings. The summed E-state index contributed by atoms with van der Waals surface area (Å²) in [6.45, 7) is 3.59. The first-order chi connectivity index (χ1) is 11.2. The van der Waals surface area contributed by atoms with Crippen LogP contribution in [0.3, 0.4) is 0 Å². The van der Waals surface area contributed by atoms with Gasteiger partial charge in [0.05, 0.1) is 24.3 Å². The van der Waals surface area contributed by atoms with Gasteiger partial charge in [-0.3, -0.25) is 9.59 Å². The van der Waals surface area contributed by atoms with Crippen LogP contribution in [0.25, 0.3) is 0 Å². The van der Waals surface area contributed by atoms with Crippen molar-refractivity contribution in [1.82, 2.24) is 9.80 Å². The highest BCUT2D eigenvalue weighted by atomic mass is 32.2. The van der Waals surface area contributed by atoms with Crippen LogP contribution in [0.5, 0.6) is 5.75 Å². The smallest absolute Gasteiger partial charge is 0.242 e. The van der Waals surface area contributed by atoms with Crippen molar-refractivity contribution in [3.8, 4) is 5.75 Å². The first kappa shape index (κ1) is 16.2. The molecule has 0 N–H and O–H groups in total. The van der Waals surface area contributed by atoms with Gasteiger partial charge in [0.2, 0.25) is 11.8 Å². The average Bonchev–Trinajstić information content (AvgIpc) is 3.18. The Bertz CT molecular complexity index is 576. The summed E-state index contributed by atoms with van der Waals surface area (Å²) in [5.74, 6) is 2.10. The van der Waals surface area contributed by atoms with Crippen LogP contribution in [-0.2, 0) is 9.59 Å². The summed E-state index contributed by atoms with van der Waals surface area (Å²) in [4.78, 5) is 27.9. The summed E-state index contributed by atoms with van der Waals surface area (Å²) in [6.07, 6.45) is 1.98. The van der Waals surface area contributed by atoms with Gasteiger partial charge in [0.25, 0.3) is 0 Å². The third-order valence-electron chi connectivity index (χ3n) is 4.30. The third kappa shape index (κ3) is 3.63. The zero-order valence-electron chi connectivity index (χ0n) is 13.4. The van der Waals surface area contributed by atoms with E-state index in [1.165, 1.54) is 0 Å². The molecule has 5 nitrogen and oxygen atoms in total. The van der Waals surface area contributed by atoms with Gasteiger partial charge in [-0.2, -0.15) is 0 Å². The van der Waals surface area contributed by atoms with E-state index in [0.717, 1.165) is 30.7 Å². The van der Waals surface area contributed by atoms with E-state index < -0.39 is 0 Å². The van der Waals surface area contributed by atoms with Gasteiger partial charge in [0.15, 0.2) is 0 Å². The van der Waals surface area contributed by atoms with E-state index >= 15 is 0 Å². The molecule has 23 heavy (non-hydrogen) atoms. The quantitative estimate of drug-likeness (QED) is 0.829. The second-order valence-corrected chi connectivity index (χ2v) is 6.77. The Morgan fingerprint density at radius 2 is 2.13 bits per heavy atom. The minimum atomic E-state index is 0.0530. The first-order valence-corrected chi connectivity index (χ1v) is 9.22. The average molecular weight is 334 g/mol. The van der Waals surface area contributed by atoms with Crippen LogP contribution in [0.15, 0.2) is 24.3 Å². The normalized spacial score (nSPS) is 21.1. The second-order valence-electron chi connectivity index (χ2n) is 5.82. The predicted octanol–water partition coefficient (Wildman–Crippen LogP) is 2.28. The minimum absolute atomic E-state index is 0.0530. The molecule has 1 atom stereocenters. The number of thioether (sulfide) groups is 1. The van der Waals surface area contributed by atoms with Crippen LogP contribution in [0, 0.1) is 0 Å². The monoisotopic (exact) mass is 334 g/mol. The lowest BCUT2D eigenvalue weighted by atomic mass is 10.0. The molecule has 0 radical (unpaired) electrons. The minimum Gasteiger partial charge on any atom is -0.494 e. The number of amides is 2. The Balaban J connectivity index is 1.67. The largest absolute Gasteiger partial charge is 0.494 e. The second kappa shape index (κ2) is 7.25. The molecule has 3 rings (SSSR count). The zero-order valence-corrected chi connectivity index (χ0v) is 14.2. The molecule has 2 saturated heterocycles. The van der Waals surface area contributed by atoms with Crippen molar-refractivity contribution in [2.75, 3.05) is 31.3 Å². The molecule has 2 aliphatic heterocycles. The van der Waals surface area contributed by atoms with Gasteiger partial charge >= 0.3 is 0 Å². The van der Waals surface area contributed by atoms with E-state index in [0.29, 0.717) is 18.2 Å². The van der Waals surface area contributed by atoms with Gasteiger partial charge in [0, 0.05) is 6.54 Å². The molecule has 0 spiro atoms. The van der Waals surface area contributed by atoms with E-state index in [9.17, 15) is 9.59 Å². The molecule has 0 aromatic heterocycles. The fourth-order valence-corrected chi connectivity index (χ4v) is 4.06. The first-order valence-electron chi connectivity index (χ1n) is 8.06. The molecule has 0 bridgehead atoms. The lowest BCUT2D eigenvalue weighted by molar-refractivity contribution is -0.138. The van der Waals surface area contributed by atoms with Gasteiger partial charge in [-0.1, -0.05) is 12.1 Å². The molecule has 1 unspecified atom stereocenters. The molecule has 0 saturated carbocycles. The molecule has 124 valence electrons. The number of ether oxygens (including phenoxy) is 1. The number of likely N-dealkylation sites (tertiary alicyclic amines) is 1. The van der Waals surface area contributed by atoms with Crippen molar-refractivity contribution < 1.29 is 14.3 Å². The van der Waals surface area contributed by atoms with Crippen molar-refractivity contribution in [3.63, 3.8) is 0 Å². The van der Waals surface area contributed by atoms with Crippen LogP contribution in [0.2, 0.25) is 0 Å². The topological polar surface area (TPSA) is 49.9 Å². The van der Waals surface area contributed by atoms with E-state index in [2.05, 4.69) is 0 Å². The Kier molecular flexibility index (Phi) is 5.10. The van der Waals surface area contributed by atoms with Crippen LogP contribution in [0.4, 0.5) is 0 Å². The van der Waals surface area contributed by atoms with Gasteiger partial charge < -0.3 is 14.5 Å². The number of rotatable bonds is 5. The van der Waals surface area contributed by atoms with Crippen LogP contribution in [-0.4, -0.2) is 52.9 Å². The van der Waals surface area contributed by atoms with Crippen molar-refractivity contribution in [2.45, 2.75) is 25.8 Å². The fourth-order valence-electron chi connectivity index (χ4n) is 3.16. The zero-order chi connectivity index (χ0) is 16.2. The molecule has 1 aromatic rings. The number of carbonyl (C=O) groups excluding carboxylic acids is 2. The molecule has 2 heterocycles. The maximum Gasteiger partial charge on any atom is 0.242 e. The summed E-state index contributed by atoms with van der Waals surface area (Å²) in [5, 5.41) is 0. The van der Waals surface area contributed by atoms with Crippen molar-refractivity contribution in [2.24, 2.45) is 0 Å².